The predicted octanol–water partition coefficient (Wildman–Crippen LogP) is 2.03. The van der Waals surface area contributed by atoms with Crippen molar-refractivity contribution in [2.45, 2.75) is 33.2 Å². The third-order valence-corrected chi connectivity index (χ3v) is 2.90. The summed E-state index contributed by atoms with van der Waals surface area (Å²) in [5.74, 6) is 0.0741. The first-order valence-electron chi connectivity index (χ1n) is 5.57. The fraction of sp³-hybridized carbons (Fsp3) is 0.500. The van der Waals surface area contributed by atoms with Crippen molar-refractivity contribution in [1.29, 1.82) is 0 Å². The van der Waals surface area contributed by atoms with Gasteiger partial charge in [-0.3, -0.25) is 9.78 Å². The first kappa shape index (κ1) is 12.5. The fourth-order valence-corrected chi connectivity index (χ4v) is 1.41. The standard InChI is InChI=1S/C12H19N3O/c1-4-8(2)9(3)15-10-5-6-14-11(7-10)12(13)16/h5-9H,4H2,1-3H3,(H2,13,16)(H,14,15). The summed E-state index contributed by atoms with van der Waals surface area (Å²) in [6, 6.07) is 3.88. The van der Waals surface area contributed by atoms with Crippen molar-refractivity contribution >= 4 is 11.6 Å². The first-order chi connectivity index (χ1) is 7.54. The van der Waals surface area contributed by atoms with Crippen LogP contribution < -0.4 is 11.1 Å². The van der Waals surface area contributed by atoms with Gasteiger partial charge in [-0.1, -0.05) is 20.3 Å². The van der Waals surface area contributed by atoms with Crippen LogP contribution in [0.3, 0.4) is 0 Å². The van der Waals surface area contributed by atoms with Crippen LogP contribution in [-0.4, -0.2) is 16.9 Å². The van der Waals surface area contributed by atoms with E-state index in [-0.39, 0.29) is 0 Å². The van der Waals surface area contributed by atoms with Crippen LogP contribution in [0.1, 0.15) is 37.7 Å². The lowest BCUT2D eigenvalue weighted by Crippen LogP contribution is -2.23. The van der Waals surface area contributed by atoms with Gasteiger partial charge in [0.05, 0.1) is 0 Å². The van der Waals surface area contributed by atoms with Crippen LogP contribution in [0, 0.1) is 5.92 Å². The Morgan fingerprint density at radius 3 is 2.81 bits per heavy atom. The molecule has 1 rings (SSSR count). The zero-order valence-corrected chi connectivity index (χ0v) is 10.0. The molecule has 0 aliphatic heterocycles. The molecule has 1 heterocycles. The zero-order chi connectivity index (χ0) is 12.1. The van der Waals surface area contributed by atoms with Gasteiger partial charge in [-0.25, -0.2) is 0 Å². The van der Waals surface area contributed by atoms with Crippen molar-refractivity contribution < 1.29 is 4.79 Å². The van der Waals surface area contributed by atoms with Crippen molar-refractivity contribution in [3.8, 4) is 0 Å². The van der Waals surface area contributed by atoms with E-state index < -0.39 is 5.91 Å². The quantitative estimate of drug-likeness (QED) is 0.799. The number of hydrogen-bond acceptors (Lipinski definition) is 3. The Morgan fingerprint density at radius 1 is 1.56 bits per heavy atom. The molecule has 88 valence electrons. The molecular formula is C12H19N3O. The highest BCUT2D eigenvalue weighted by Crippen LogP contribution is 2.15. The van der Waals surface area contributed by atoms with Crippen molar-refractivity contribution in [2.24, 2.45) is 11.7 Å². The molecular weight excluding hydrogens is 202 g/mol. The maximum absolute atomic E-state index is 11.0. The smallest absolute Gasteiger partial charge is 0.267 e. The van der Waals surface area contributed by atoms with Gasteiger partial charge < -0.3 is 11.1 Å². The van der Waals surface area contributed by atoms with Gasteiger partial charge in [-0.2, -0.15) is 0 Å². The van der Waals surface area contributed by atoms with E-state index in [9.17, 15) is 4.79 Å². The Labute approximate surface area is 96.3 Å². The second kappa shape index (κ2) is 5.49. The summed E-state index contributed by atoms with van der Waals surface area (Å²) >= 11 is 0. The van der Waals surface area contributed by atoms with E-state index in [2.05, 4.69) is 31.1 Å². The normalized spacial score (nSPS) is 14.2. The van der Waals surface area contributed by atoms with E-state index in [4.69, 9.17) is 5.73 Å². The number of aromatic nitrogens is 1. The number of pyridine rings is 1. The molecule has 4 nitrogen and oxygen atoms in total. The van der Waals surface area contributed by atoms with Crippen LogP contribution in [0.2, 0.25) is 0 Å². The molecule has 0 aliphatic rings. The number of nitrogens with one attached hydrogen (secondary N) is 1. The summed E-state index contributed by atoms with van der Waals surface area (Å²) in [6.07, 6.45) is 2.70. The monoisotopic (exact) mass is 221 g/mol. The van der Waals surface area contributed by atoms with Crippen LogP contribution in [0.4, 0.5) is 5.69 Å². The molecule has 0 bridgehead atoms. The van der Waals surface area contributed by atoms with Gasteiger partial charge in [0.25, 0.3) is 5.91 Å². The van der Waals surface area contributed by atoms with Gasteiger partial charge in [0.15, 0.2) is 0 Å². The van der Waals surface area contributed by atoms with Crippen molar-refractivity contribution in [1.82, 2.24) is 4.98 Å². The average Bonchev–Trinajstić information content (AvgIpc) is 2.28. The third-order valence-electron chi connectivity index (χ3n) is 2.90. The van der Waals surface area contributed by atoms with Crippen molar-refractivity contribution in [3.63, 3.8) is 0 Å². The van der Waals surface area contributed by atoms with Crippen LogP contribution in [0.25, 0.3) is 0 Å². The number of carbonyl (C=O) groups is 1. The Bertz CT molecular complexity index is 365. The van der Waals surface area contributed by atoms with Gasteiger partial charge in [0.1, 0.15) is 5.69 Å². The third kappa shape index (κ3) is 3.22. The summed E-state index contributed by atoms with van der Waals surface area (Å²) in [6.45, 7) is 6.47. The number of nitrogens with two attached hydrogens (primary N) is 1. The highest BCUT2D eigenvalue weighted by atomic mass is 16.1. The maximum Gasteiger partial charge on any atom is 0.267 e. The van der Waals surface area contributed by atoms with E-state index in [1.807, 2.05) is 6.07 Å². The Hall–Kier alpha value is -1.58. The van der Waals surface area contributed by atoms with Gasteiger partial charge in [-0.15, -0.1) is 0 Å². The molecule has 2 unspecified atom stereocenters. The van der Waals surface area contributed by atoms with Crippen molar-refractivity contribution in [3.05, 3.63) is 24.0 Å². The minimum absolute atomic E-state index is 0.293. The molecule has 0 aromatic carbocycles. The topological polar surface area (TPSA) is 68.0 Å². The molecule has 0 aliphatic carbocycles. The SMILES string of the molecule is CCC(C)C(C)Nc1ccnc(C(N)=O)c1. The van der Waals surface area contributed by atoms with Crippen LogP contribution in [0.15, 0.2) is 18.3 Å². The molecule has 0 spiro atoms. The van der Waals surface area contributed by atoms with Gasteiger partial charge >= 0.3 is 0 Å². The summed E-state index contributed by atoms with van der Waals surface area (Å²) < 4.78 is 0. The van der Waals surface area contributed by atoms with E-state index >= 15 is 0 Å². The number of primary amides is 1. The predicted molar refractivity (Wildman–Crippen MR) is 65.3 cm³/mol. The number of hydrogen-bond donors (Lipinski definition) is 2. The van der Waals surface area contributed by atoms with Gasteiger partial charge in [0, 0.05) is 17.9 Å². The Morgan fingerprint density at radius 2 is 2.25 bits per heavy atom. The molecule has 0 saturated carbocycles. The summed E-state index contributed by atoms with van der Waals surface area (Å²) in [7, 11) is 0. The Kier molecular flexibility index (Phi) is 4.28. The number of anilines is 1. The van der Waals surface area contributed by atoms with Crippen molar-refractivity contribution in [2.75, 3.05) is 5.32 Å². The minimum Gasteiger partial charge on any atom is -0.382 e. The minimum atomic E-state index is -0.500. The lowest BCUT2D eigenvalue weighted by molar-refractivity contribution is 0.0995. The fourth-order valence-electron chi connectivity index (χ4n) is 1.41. The molecule has 0 fully saturated rings. The molecule has 0 radical (unpaired) electrons. The average molecular weight is 221 g/mol. The molecule has 0 saturated heterocycles. The summed E-state index contributed by atoms with van der Waals surface area (Å²) in [5.41, 5.74) is 6.35. The number of nitrogens with zero attached hydrogens (tertiary/aromatic N) is 1. The number of amides is 1. The molecule has 1 amide bonds. The molecule has 4 heteroatoms. The van der Waals surface area contributed by atoms with E-state index in [1.54, 1.807) is 12.3 Å². The van der Waals surface area contributed by atoms with E-state index in [0.717, 1.165) is 12.1 Å². The number of carbonyl (C=O) groups excluding carboxylic acids is 1. The van der Waals surface area contributed by atoms with Gasteiger partial charge in [-0.05, 0) is 25.0 Å². The molecule has 3 N–H and O–H groups in total. The largest absolute Gasteiger partial charge is 0.382 e. The highest BCUT2D eigenvalue weighted by Gasteiger charge is 2.10. The maximum atomic E-state index is 11.0. The summed E-state index contributed by atoms with van der Waals surface area (Å²) in [4.78, 5) is 14.9. The highest BCUT2D eigenvalue weighted by molar-refractivity contribution is 5.91. The molecule has 16 heavy (non-hydrogen) atoms. The van der Waals surface area contributed by atoms with Crippen LogP contribution in [-0.2, 0) is 0 Å². The van der Waals surface area contributed by atoms with E-state index in [0.29, 0.717) is 17.7 Å². The number of rotatable bonds is 5. The lowest BCUT2D eigenvalue weighted by Gasteiger charge is -2.21. The first-order valence-corrected chi connectivity index (χ1v) is 5.57. The molecule has 1 aromatic rings. The second-order valence-corrected chi connectivity index (χ2v) is 4.11. The Balaban J connectivity index is 2.74. The molecule has 1 aromatic heterocycles. The van der Waals surface area contributed by atoms with Crippen LogP contribution in [0.5, 0.6) is 0 Å². The zero-order valence-electron chi connectivity index (χ0n) is 10.0. The molecule has 2 atom stereocenters. The second-order valence-electron chi connectivity index (χ2n) is 4.11. The lowest BCUT2D eigenvalue weighted by atomic mass is 10.0. The summed E-state index contributed by atoms with van der Waals surface area (Å²) in [5, 5.41) is 3.34. The van der Waals surface area contributed by atoms with E-state index in [1.165, 1.54) is 0 Å². The van der Waals surface area contributed by atoms with Gasteiger partial charge in [0.2, 0.25) is 0 Å². The van der Waals surface area contributed by atoms with Crippen LogP contribution >= 0.6 is 0 Å².